The number of carbonyl (C=O) groups excluding carboxylic acids is 1. The number of nitrogens with zero attached hydrogens (tertiary/aromatic N) is 1. The van der Waals surface area contributed by atoms with Gasteiger partial charge in [0.2, 0.25) is 0 Å². The number of hydrogen-bond donors (Lipinski definition) is 1. The van der Waals surface area contributed by atoms with Crippen molar-refractivity contribution in [1.29, 1.82) is 0 Å². The van der Waals surface area contributed by atoms with E-state index in [0.717, 1.165) is 61.0 Å². The summed E-state index contributed by atoms with van der Waals surface area (Å²) in [7, 11) is 1.91. The molecule has 38 heavy (non-hydrogen) atoms. The molecule has 1 spiro atoms. The molecule has 3 aromatic rings. The van der Waals surface area contributed by atoms with Crippen molar-refractivity contribution in [2.45, 2.75) is 50.9 Å². The predicted octanol–water partition coefficient (Wildman–Crippen LogP) is 7.96. The van der Waals surface area contributed by atoms with Gasteiger partial charge in [0, 0.05) is 30.5 Å². The van der Waals surface area contributed by atoms with Crippen LogP contribution in [0, 0.1) is 13.8 Å². The van der Waals surface area contributed by atoms with Gasteiger partial charge in [0.25, 0.3) is 5.91 Å². The Labute approximate surface area is 236 Å². The predicted molar refractivity (Wildman–Crippen MR) is 160 cm³/mol. The highest BCUT2D eigenvalue weighted by Crippen LogP contribution is 2.50. The van der Waals surface area contributed by atoms with E-state index in [2.05, 4.69) is 54.7 Å². The van der Waals surface area contributed by atoms with E-state index in [1.807, 2.05) is 43.1 Å². The van der Waals surface area contributed by atoms with Gasteiger partial charge < -0.3 is 10.2 Å². The lowest BCUT2D eigenvalue weighted by atomic mass is 9.69. The molecule has 1 atom stereocenters. The number of fused-ring (bicyclic) bond motifs is 2. The molecule has 1 amide bonds. The van der Waals surface area contributed by atoms with Crippen molar-refractivity contribution in [3.05, 3.63) is 110 Å². The van der Waals surface area contributed by atoms with Gasteiger partial charge in [-0.05, 0) is 93.1 Å². The van der Waals surface area contributed by atoms with Crippen LogP contribution in [0.5, 0.6) is 0 Å². The Hall–Kier alpha value is -2.59. The average Bonchev–Trinajstić information content (AvgIpc) is 3.20. The highest BCUT2D eigenvalue weighted by molar-refractivity contribution is 6.42. The SMILES string of the molecule is Cc1ccc(C(=O)N(C)C[C@@H](CCC2=Cc3ccccc3C23CCNCC3)c2ccc(Cl)c(Cl)c2)c(C)c1. The van der Waals surface area contributed by atoms with E-state index >= 15 is 0 Å². The molecular weight excluding hydrogens is 511 g/mol. The Morgan fingerprint density at radius 3 is 2.50 bits per heavy atom. The van der Waals surface area contributed by atoms with E-state index in [4.69, 9.17) is 23.2 Å². The van der Waals surface area contributed by atoms with Crippen molar-refractivity contribution in [3.8, 4) is 0 Å². The molecule has 0 bridgehead atoms. The van der Waals surface area contributed by atoms with Crippen molar-refractivity contribution >= 4 is 35.2 Å². The van der Waals surface area contributed by atoms with Crippen LogP contribution in [0.4, 0.5) is 0 Å². The van der Waals surface area contributed by atoms with Crippen LogP contribution in [0.15, 0.2) is 66.2 Å². The maximum atomic E-state index is 13.5. The molecule has 1 N–H and O–H groups in total. The molecule has 2 aliphatic rings. The number of aryl methyl sites for hydroxylation is 2. The first-order valence-electron chi connectivity index (χ1n) is 13.6. The third-order valence-electron chi connectivity index (χ3n) is 8.51. The lowest BCUT2D eigenvalue weighted by molar-refractivity contribution is 0.0784. The second-order valence-electron chi connectivity index (χ2n) is 11.0. The number of allylic oxidation sites excluding steroid dienone is 1. The standard InChI is InChI=1S/C33H36Cl2N2O/c1-22-8-12-28(23(2)18-22)32(38)37(3)21-26(24-10-13-30(34)31(35)20-24)9-11-27-19-25-6-4-5-7-29(25)33(27)14-16-36-17-15-33/h4-8,10,12-13,18-20,26,36H,9,11,14-17,21H2,1-3H3/t26-/m1/s1. The van der Waals surface area contributed by atoms with Crippen LogP contribution in [-0.2, 0) is 5.41 Å². The van der Waals surface area contributed by atoms with Gasteiger partial charge >= 0.3 is 0 Å². The Morgan fingerprint density at radius 1 is 1.00 bits per heavy atom. The Morgan fingerprint density at radius 2 is 1.76 bits per heavy atom. The van der Waals surface area contributed by atoms with E-state index in [9.17, 15) is 4.79 Å². The van der Waals surface area contributed by atoms with Crippen LogP contribution in [0.1, 0.15) is 69.8 Å². The molecule has 0 saturated carbocycles. The molecule has 1 aliphatic heterocycles. The molecule has 198 valence electrons. The smallest absolute Gasteiger partial charge is 0.253 e. The molecule has 5 heteroatoms. The fraction of sp³-hybridized carbons (Fsp3) is 0.364. The van der Waals surface area contributed by atoms with E-state index < -0.39 is 0 Å². The van der Waals surface area contributed by atoms with Gasteiger partial charge in [-0.25, -0.2) is 0 Å². The normalized spacial score (nSPS) is 16.7. The molecule has 1 aliphatic carbocycles. The summed E-state index contributed by atoms with van der Waals surface area (Å²) < 4.78 is 0. The molecule has 3 nitrogen and oxygen atoms in total. The highest BCUT2D eigenvalue weighted by Gasteiger charge is 2.41. The van der Waals surface area contributed by atoms with Crippen molar-refractivity contribution in [2.24, 2.45) is 0 Å². The van der Waals surface area contributed by atoms with Gasteiger partial charge in [0.15, 0.2) is 0 Å². The van der Waals surface area contributed by atoms with Crippen LogP contribution < -0.4 is 5.32 Å². The summed E-state index contributed by atoms with van der Waals surface area (Å²) in [5.74, 6) is 0.183. The van der Waals surface area contributed by atoms with Gasteiger partial charge in [-0.3, -0.25) is 4.79 Å². The first-order valence-corrected chi connectivity index (χ1v) is 14.3. The van der Waals surface area contributed by atoms with Crippen molar-refractivity contribution < 1.29 is 4.79 Å². The minimum atomic E-state index is 0.0508. The monoisotopic (exact) mass is 546 g/mol. The van der Waals surface area contributed by atoms with Crippen LogP contribution in [0.2, 0.25) is 10.0 Å². The molecule has 5 rings (SSSR count). The zero-order valence-corrected chi connectivity index (χ0v) is 24.0. The molecule has 0 unspecified atom stereocenters. The number of halogens is 2. The van der Waals surface area contributed by atoms with Crippen LogP contribution in [0.25, 0.3) is 6.08 Å². The van der Waals surface area contributed by atoms with Crippen molar-refractivity contribution in [3.63, 3.8) is 0 Å². The first kappa shape index (κ1) is 27.0. The molecule has 1 fully saturated rings. The number of amides is 1. The maximum absolute atomic E-state index is 13.5. The van der Waals surface area contributed by atoms with Crippen LogP contribution >= 0.6 is 23.2 Å². The third kappa shape index (κ3) is 5.30. The molecule has 3 aromatic carbocycles. The van der Waals surface area contributed by atoms with Gasteiger partial charge in [-0.1, -0.05) is 82.9 Å². The summed E-state index contributed by atoms with van der Waals surface area (Å²) in [4.78, 5) is 15.3. The fourth-order valence-electron chi connectivity index (χ4n) is 6.45. The number of hydrogen-bond acceptors (Lipinski definition) is 2. The van der Waals surface area contributed by atoms with Crippen LogP contribution in [0.3, 0.4) is 0 Å². The average molecular weight is 548 g/mol. The minimum Gasteiger partial charge on any atom is -0.341 e. The van der Waals surface area contributed by atoms with Crippen molar-refractivity contribution in [2.75, 3.05) is 26.7 Å². The number of rotatable bonds is 7. The van der Waals surface area contributed by atoms with Gasteiger partial charge in [0.1, 0.15) is 0 Å². The van der Waals surface area contributed by atoms with E-state index in [1.54, 1.807) is 0 Å². The summed E-state index contributed by atoms with van der Waals surface area (Å²) in [6, 6.07) is 20.8. The number of benzene rings is 3. The molecular formula is C33H36Cl2N2O. The number of piperidine rings is 1. The summed E-state index contributed by atoms with van der Waals surface area (Å²) in [5.41, 5.74) is 8.52. The Bertz CT molecular complexity index is 1370. The zero-order valence-electron chi connectivity index (χ0n) is 22.5. The Kier molecular flexibility index (Phi) is 8.00. The number of likely N-dealkylation sites (N-methyl/N-ethyl adjacent to an activating group) is 1. The lowest BCUT2D eigenvalue weighted by Crippen LogP contribution is -2.40. The summed E-state index contributed by atoms with van der Waals surface area (Å²) >= 11 is 12.7. The van der Waals surface area contributed by atoms with Gasteiger partial charge in [-0.15, -0.1) is 0 Å². The number of carbonyl (C=O) groups is 1. The minimum absolute atomic E-state index is 0.0508. The second kappa shape index (κ2) is 11.3. The largest absolute Gasteiger partial charge is 0.341 e. The first-order chi connectivity index (χ1) is 18.3. The molecule has 1 saturated heterocycles. The van der Waals surface area contributed by atoms with Crippen molar-refractivity contribution in [1.82, 2.24) is 10.2 Å². The fourth-order valence-corrected chi connectivity index (χ4v) is 6.75. The zero-order chi connectivity index (χ0) is 26.9. The summed E-state index contributed by atoms with van der Waals surface area (Å²) in [6.07, 6.45) is 6.58. The highest BCUT2D eigenvalue weighted by atomic mass is 35.5. The molecule has 1 heterocycles. The molecule has 0 radical (unpaired) electrons. The quantitative estimate of drug-likeness (QED) is 0.326. The Balaban J connectivity index is 1.41. The topological polar surface area (TPSA) is 32.3 Å². The molecule has 0 aromatic heterocycles. The van der Waals surface area contributed by atoms with E-state index in [-0.39, 0.29) is 17.2 Å². The summed E-state index contributed by atoms with van der Waals surface area (Å²) in [5, 5.41) is 4.66. The maximum Gasteiger partial charge on any atom is 0.253 e. The third-order valence-corrected chi connectivity index (χ3v) is 9.25. The van der Waals surface area contributed by atoms with E-state index in [1.165, 1.54) is 16.7 Å². The summed E-state index contributed by atoms with van der Waals surface area (Å²) in [6.45, 7) is 6.74. The van der Waals surface area contributed by atoms with Gasteiger partial charge in [0.05, 0.1) is 10.0 Å². The van der Waals surface area contributed by atoms with E-state index in [0.29, 0.717) is 16.6 Å². The number of nitrogens with one attached hydrogen (secondary N) is 1. The lowest BCUT2D eigenvalue weighted by Gasteiger charge is -2.38. The van der Waals surface area contributed by atoms with Crippen LogP contribution in [-0.4, -0.2) is 37.5 Å². The second-order valence-corrected chi connectivity index (χ2v) is 11.8. The van der Waals surface area contributed by atoms with Gasteiger partial charge in [-0.2, -0.15) is 0 Å².